The predicted molar refractivity (Wildman–Crippen MR) is 92.4 cm³/mol. The van der Waals surface area contributed by atoms with E-state index in [1.54, 1.807) is 11.1 Å². The van der Waals surface area contributed by atoms with Crippen molar-refractivity contribution in [3.05, 3.63) is 52.0 Å². The average Bonchev–Trinajstić information content (AvgIpc) is 3.06. The number of thiazole rings is 1. The number of benzene rings is 1. The van der Waals surface area contributed by atoms with E-state index in [1.807, 2.05) is 43.5 Å². The van der Waals surface area contributed by atoms with Crippen LogP contribution in [0.2, 0.25) is 0 Å². The van der Waals surface area contributed by atoms with E-state index >= 15 is 0 Å². The van der Waals surface area contributed by atoms with Crippen LogP contribution in [-0.2, 0) is 6.54 Å². The van der Waals surface area contributed by atoms with Crippen LogP contribution in [0.25, 0.3) is 0 Å². The zero-order chi connectivity index (χ0) is 16.7. The number of carbonyl (C=O) groups is 1. The summed E-state index contributed by atoms with van der Waals surface area (Å²) in [6.45, 7) is 4.71. The molecule has 0 radical (unpaired) electrons. The number of aliphatic hydroxyl groups is 1. The van der Waals surface area contributed by atoms with Crippen molar-refractivity contribution in [3.8, 4) is 0 Å². The van der Waals surface area contributed by atoms with Gasteiger partial charge in [-0.05, 0) is 18.9 Å². The fraction of sp³-hybridized carbons (Fsp3) is 0.412. The maximum Gasteiger partial charge on any atom is 0.318 e. The van der Waals surface area contributed by atoms with E-state index in [1.165, 1.54) is 16.9 Å². The van der Waals surface area contributed by atoms with Gasteiger partial charge in [0.25, 0.3) is 0 Å². The van der Waals surface area contributed by atoms with Gasteiger partial charge < -0.3 is 15.3 Å². The van der Waals surface area contributed by atoms with Crippen LogP contribution in [0.5, 0.6) is 0 Å². The van der Waals surface area contributed by atoms with E-state index in [0.29, 0.717) is 6.54 Å². The predicted octanol–water partition coefficient (Wildman–Crippen LogP) is 3.11. The molecule has 1 atom stereocenters. The Morgan fingerprint density at radius 2 is 2.13 bits per heavy atom. The quantitative estimate of drug-likeness (QED) is 0.818. The molecule has 0 saturated heterocycles. The molecule has 0 aliphatic rings. The first-order valence-electron chi connectivity index (χ1n) is 7.75. The van der Waals surface area contributed by atoms with Gasteiger partial charge in [0.05, 0.1) is 19.2 Å². The molecule has 2 amide bonds. The van der Waals surface area contributed by atoms with Gasteiger partial charge in [0, 0.05) is 18.1 Å². The number of hydrogen-bond donors (Lipinski definition) is 2. The van der Waals surface area contributed by atoms with Crippen LogP contribution in [0.3, 0.4) is 0 Å². The van der Waals surface area contributed by atoms with Crippen LogP contribution in [0.15, 0.2) is 35.8 Å². The highest BCUT2D eigenvalue weighted by molar-refractivity contribution is 7.09. The monoisotopic (exact) mass is 333 g/mol. The summed E-state index contributed by atoms with van der Waals surface area (Å²) in [6, 6.07) is 7.96. The molecule has 0 spiro atoms. The standard InChI is InChI=1S/C17H23N3O2S/c1-3-15(14-6-4-13(2)5-7-14)19-17(22)20(9-10-21)12-16-18-8-11-23-16/h4-8,11,15,21H,3,9-10,12H2,1-2H3,(H,19,22)/t15-/m0/s1. The number of nitrogens with one attached hydrogen (secondary N) is 1. The molecule has 1 heterocycles. The van der Waals surface area contributed by atoms with Crippen LogP contribution >= 0.6 is 11.3 Å². The third kappa shape index (κ3) is 5.04. The molecule has 1 aromatic heterocycles. The van der Waals surface area contributed by atoms with Crippen LogP contribution in [0, 0.1) is 6.92 Å². The van der Waals surface area contributed by atoms with Gasteiger partial charge in [-0.3, -0.25) is 0 Å². The Hall–Kier alpha value is -1.92. The summed E-state index contributed by atoms with van der Waals surface area (Å²) in [4.78, 5) is 18.3. The normalized spacial score (nSPS) is 12.0. The van der Waals surface area contributed by atoms with Gasteiger partial charge in [0.2, 0.25) is 0 Å². The molecule has 0 aliphatic carbocycles. The van der Waals surface area contributed by atoms with E-state index in [2.05, 4.69) is 10.3 Å². The third-order valence-electron chi connectivity index (χ3n) is 3.65. The number of aryl methyl sites for hydroxylation is 1. The summed E-state index contributed by atoms with van der Waals surface area (Å²) in [5.41, 5.74) is 2.28. The SMILES string of the molecule is CC[C@H](NC(=O)N(CCO)Cc1nccs1)c1ccc(C)cc1. The number of rotatable bonds is 7. The Morgan fingerprint density at radius 1 is 1.39 bits per heavy atom. The van der Waals surface area contributed by atoms with Gasteiger partial charge in [-0.1, -0.05) is 36.8 Å². The number of amides is 2. The maximum absolute atomic E-state index is 12.5. The second-order valence-electron chi connectivity index (χ2n) is 5.39. The van der Waals surface area contributed by atoms with Crippen molar-refractivity contribution >= 4 is 17.4 Å². The Morgan fingerprint density at radius 3 is 2.70 bits per heavy atom. The lowest BCUT2D eigenvalue weighted by Crippen LogP contribution is -2.42. The largest absolute Gasteiger partial charge is 0.395 e. The van der Waals surface area contributed by atoms with E-state index in [-0.39, 0.29) is 25.2 Å². The van der Waals surface area contributed by atoms with Gasteiger partial charge in [0.1, 0.15) is 5.01 Å². The molecule has 0 fully saturated rings. The summed E-state index contributed by atoms with van der Waals surface area (Å²) >= 11 is 1.50. The van der Waals surface area contributed by atoms with Gasteiger partial charge in [-0.2, -0.15) is 0 Å². The topological polar surface area (TPSA) is 65.5 Å². The minimum Gasteiger partial charge on any atom is -0.395 e. The minimum absolute atomic E-state index is 0.0411. The summed E-state index contributed by atoms with van der Waals surface area (Å²) in [6.07, 6.45) is 2.52. The molecule has 2 N–H and O–H groups in total. The molecular weight excluding hydrogens is 310 g/mol. The van der Waals surface area contributed by atoms with Crippen molar-refractivity contribution in [1.29, 1.82) is 0 Å². The summed E-state index contributed by atoms with van der Waals surface area (Å²) < 4.78 is 0. The number of nitrogens with zero attached hydrogens (tertiary/aromatic N) is 2. The fourth-order valence-corrected chi connectivity index (χ4v) is 2.96. The van der Waals surface area contributed by atoms with E-state index in [4.69, 9.17) is 0 Å². The van der Waals surface area contributed by atoms with Crippen molar-refractivity contribution in [2.24, 2.45) is 0 Å². The van der Waals surface area contributed by atoms with E-state index in [0.717, 1.165) is 17.0 Å². The zero-order valence-corrected chi connectivity index (χ0v) is 14.3. The van der Waals surface area contributed by atoms with Crippen LogP contribution in [0.4, 0.5) is 4.79 Å². The molecule has 0 saturated carbocycles. The van der Waals surface area contributed by atoms with Crippen LogP contribution in [0.1, 0.15) is 35.5 Å². The Bertz CT molecular complexity index is 599. The summed E-state index contributed by atoms with van der Waals surface area (Å²) in [7, 11) is 0. The first-order chi connectivity index (χ1) is 11.1. The molecule has 2 rings (SSSR count). The molecule has 1 aromatic carbocycles. The highest BCUT2D eigenvalue weighted by atomic mass is 32.1. The fourth-order valence-electron chi connectivity index (χ4n) is 2.33. The number of carbonyl (C=O) groups excluding carboxylic acids is 1. The Balaban J connectivity index is 2.04. The zero-order valence-electron chi connectivity index (χ0n) is 13.5. The summed E-state index contributed by atoms with van der Waals surface area (Å²) in [5.74, 6) is 0. The molecule has 6 heteroatoms. The van der Waals surface area contributed by atoms with Crippen LogP contribution in [-0.4, -0.2) is 34.2 Å². The van der Waals surface area contributed by atoms with Gasteiger partial charge in [-0.25, -0.2) is 9.78 Å². The van der Waals surface area contributed by atoms with E-state index in [9.17, 15) is 9.90 Å². The Labute approximate surface area is 141 Å². The van der Waals surface area contributed by atoms with Crippen LogP contribution < -0.4 is 5.32 Å². The molecule has 0 bridgehead atoms. The average molecular weight is 333 g/mol. The number of aliphatic hydroxyl groups excluding tert-OH is 1. The van der Waals surface area contributed by atoms with Crippen molar-refractivity contribution < 1.29 is 9.90 Å². The lowest BCUT2D eigenvalue weighted by molar-refractivity contribution is 0.170. The second-order valence-corrected chi connectivity index (χ2v) is 6.37. The minimum atomic E-state index is -0.179. The van der Waals surface area contributed by atoms with Crippen molar-refractivity contribution in [2.75, 3.05) is 13.2 Å². The molecular formula is C17H23N3O2S. The highest BCUT2D eigenvalue weighted by Gasteiger charge is 2.19. The number of hydrogen-bond acceptors (Lipinski definition) is 4. The molecule has 2 aromatic rings. The van der Waals surface area contributed by atoms with Gasteiger partial charge in [0.15, 0.2) is 0 Å². The first kappa shape index (κ1) is 17.4. The van der Waals surface area contributed by atoms with Crippen molar-refractivity contribution in [1.82, 2.24) is 15.2 Å². The summed E-state index contributed by atoms with van der Waals surface area (Å²) in [5, 5.41) is 15.0. The Kier molecular flexibility index (Phi) is 6.55. The third-order valence-corrected chi connectivity index (χ3v) is 4.42. The highest BCUT2D eigenvalue weighted by Crippen LogP contribution is 2.18. The lowest BCUT2D eigenvalue weighted by atomic mass is 10.0. The smallest absolute Gasteiger partial charge is 0.318 e. The van der Waals surface area contributed by atoms with Gasteiger partial charge in [-0.15, -0.1) is 11.3 Å². The lowest BCUT2D eigenvalue weighted by Gasteiger charge is -2.25. The number of urea groups is 1. The molecule has 23 heavy (non-hydrogen) atoms. The second kappa shape index (κ2) is 8.64. The number of aromatic nitrogens is 1. The maximum atomic E-state index is 12.5. The molecule has 0 unspecified atom stereocenters. The van der Waals surface area contributed by atoms with Gasteiger partial charge >= 0.3 is 6.03 Å². The van der Waals surface area contributed by atoms with Crippen molar-refractivity contribution in [2.45, 2.75) is 32.9 Å². The molecule has 5 nitrogen and oxygen atoms in total. The molecule has 124 valence electrons. The first-order valence-corrected chi connectivity index (χ1v) is 8.63. The van der Waals surface area contributed by atoms with Crippen molar-refractivity contribution in [3.63, 3.8) is 0 Å². The van der Waals surface area contributed by atoms with E-state index < -0.39 is 0 Å². The molecule has 0 aliphatic heterocycles.